The molecule has 3 aromatic rings. The van der Waals surface area contributed by atoms with E-state index in [-0.39, 0.29) is 17.4 Å². The summed E-state index contributed by atoms with van der Waals surface area (Å²) < 4.78 is 13.6. The van der Waals surface area contributed by atoms with E-state index in [9.17, 15) is 9.18 Å². The van der Waals surface area contributed by atoms with E-state index in [1.54, 1.807) is 54.6 Å². The molecule has 126 valence electrons. The molecule has 6 heteroatoms. The fraction of sp³-hybridized carbons (Fsp3) is 0.0526. The summed E-state index contributed by atoms with van der Waals surface area (Å²) in [7, 11) is 0. The van der Waals surface area contributed by atoms with E-state index in [0.29, 0.717) is 28.5 Å². The lowest BCUT2D eigenvalue weighted by Gasteiger charge is -2.08. The third-order valence-corrected chi connectivity index (χ3v) is 3.75. The molecule has 0 spiro atoms. The predicted molar refractivity (Wildman–Crippen MR) is 97.4 cm³/mol. The van der Waals surface area contributed by atoms with E-state index in [1.165, 1.54) is 12.3 Å². The topological polar surface area (TPSA) is 54.0 Å². The predicted octanol–water partition coefficient (Wildman–Crippen LogP) is 4.74. The van der Waals surface area contributed by atoms with Crippen molar-refractivity contribution in [3.8, 4) is 0 Å². The summed E-state index contributed by atoms with van der Waals surface area (Å²) in [5.74, 6) is -0.594. The zero-order valence-electron chi connectivity index (χ0n) is 13.2. The van der Waals surface area contributed by atoms with E-state index in [4.69, 9.17) is 11.6 Å². The summed E-state index contributed by atoms with van der Waals surface area (Å²) in [6.45, 7) is 0.336. The van der Waals surface area contributed by atoms with Crippen LogP contribution in [0.4, 0.5) is 15.8 Å². The lowest BCUT2D eigenvalue weighted by atomic mass is 10.2. The van der Waals surface area contributed by atoms with Gasteiger partial charge in [0.25, 0.3) is 5.91 Å². The fourth-order valence-corrected chi connectivity index (χ4v) is 2.42. The number of halogens is 2. The van der Waals surface area contributed by atoms with Gasteiger partial charge >= 0.3 is 0 Å². The molecule has 0 aliphatic rings. The Morgan fingerprint density at radius 1 is 1.04 bits per heavy atom. The van der Waals surface area contributed by atoms with Gasteiger partial charge in [0, 0.05) is 22.8 Å². The van der Waals surface area contributed by atoms with Gasteiger partial charge in [0.2, 0.25) is 0 Å². The van der Waals surface area contributed by atoms with Crippen molar-refractivity contribution in [2.45, 2.75) is 6.54 Å². The third-order valence-electron chi connectivity index (χ3n) is 3.52. The van der Waals surface area contributed by atoms with Crippen molar-refractivity contribution in [1.29, 1.82) is 0 Å². The molecule has 0 unspecified atom stereocenters. The highest BCUT2D eigenvalue weighted by Gasteiger charge is 2.08. The van der Waals surface area contributed by atoms with Crippen LogP contribution >= 0.6 is 11.6 Å². The molecule has 4 nitrogen and oxygen atoms in total. The Bertz CT molecular complexity index is 884. The van der Waals surface area contributed by atoms with Gasteiger partial charge in [-0.25, -0.2) is 9.37 Å². The Morgan fingerprint density at radius 2 is 1.88 bits per heavy atom. The van der Waals surface area contributed by atoms with Crippen LogP contribution in [-0.2, 0) is 6.54 Å². The number of hydrogen-bond acceptors (Lipinski definition) is 3. The van der Waals surface area contributed by atoms with E-state index < -0.39 is 0 Å². The zero-order valence-corrected chi connectivity index (χ0v) is 13.9. The Morgan fingerprint density at radius 3 is 2.60 bits per heavy atom. The molecule has 25 heavy (non-hydrogen) atoms. The van der Waals surface area contributed by atoms with E-state index >= 15 is 0 Å². The van der Waals surface area contributed by atoms with E-state index in [2.05, 4.69) is 15.6 Å². The van der Waals surface area contributed by atoms with Crippen molar-refractivity contribution in [2.24, 2.45) is 0 Å². The third kappa shape index (κ3) is 4.55. The Kier molecular flexibility index (Phi) is 5.26. The van der Waals surface area contributed by atoms with Gasteiger partial charge in [0.1, 0.15) is 11.5 Å². The molecule has 2 aromatic carbocycles. The van der Waals surface area contributed by atoms with Crippen LogP contribution in [0.1, 0.15) is 16.1 Å². The van der Waals surface area contributed by atoms with Crippen molar-refractivity contribution in [3.63, 3.8) is 0 Å². The van der Waals surface area contributed by atoms with Crippen LogP contribution in [0.5, 0.6) is 0 Å². The van der Waals surface area contributed by atoms with Crippen molar-refractivity contribution in [2.75, 3.05) is 10.6 Å². The molecule has 0 aliphatic carbocycles. The van der Waals surface area contributed by atoms with Crippen molar-refractivity contribution < 1.29 is 9.18 Å². The van der Waals surface area contributed by atoms with Crippen molar-refractivity contribution in [1.82, 2.24) is 4.98 Å². The van der Waals surface area contributed by atoms with Crippen LogP contribution in [0.25, 0.3) is 0 Å². The molecule has 1 amide bonds. The highest BCUT2D eigenvalue weighted by Crippen LogP contribution is 2.16. The molecule has 0 fully saturated rings. The monoisotopic (exact) mass is 355 g/mol. The summed E-state index contributed by atoms with van der Waals surface area (Å²) >= 11 is 5.89. The number of nitrogens with zero attached hydrogens (tertiary/aromatic N) is 1. The van der Waals surface area contributed by atoms with Crippen LogP contribution < -0.4 is 10.6 Å². The van der Waals surface area contributed by atoms with Gasteiger partial charge in [-0.2, -0.15) is 0 Å². The quantitative estimate of drug-likeness (QED) is 0.695. The molecule has 1 aromatic heterocycles. The average Bonchev–Trinajstić information content (AvgIpc) is 2.61. The maximum atomic E-state index is 13.6. The van der Waals surface area contributed by atoms with Gasteiger partial charge in [-0.1, -0.05) is 35.9 Å². The molecule has 3 rings (SSSR count). The van der Waals surface area contributed by atoms with Crippen LogP contribution in [0.3, 0.4) is 0 Å². The highest BCUT2D eigenvalue weighted by atomic mass is 35.5. The SMILES string of the molecule is O=C(Nc1cccc(Cl)c1)c1ccc(NCc2ccccc2F)cn1. The molecule has 1 heterocycles. The summed E-state index contributed by atoms with van der Waals surface area (Å²) in [4.78, 5) is 16.3. The van der Waals surface area contributed by atoms with Gasteiger partial charge in [-0.05, 0) is 36.4 Å². The van der Waals surface area contributed by atoms with Gasteiger partial charge in [0.15, 0.2) is 0 Å². The first kappa shape index (κ1) is 16.9. The minimum Gasteiger partial charge on any atom is -0.380 e. The van der Waals surface area contributed by atoms with Gasteiger partial charge in [-0.3, -0.25) is 4.79 Å². The van der Waals surface area contributed by atoms with Crippen LogP contribution in [0, 0.1) is 5.82 Å². The second kappa shape index (κ2) is 7.77. The molecular formula is C19H15ClFN3O. The number of carbonyl (C=O) groups is 1. The lowest BCUT2D eigenvalue weighted by Crippen LogP contribution is -2.13. The number of rotatable bonds is 5. The summed E-state index contributed by atoms with van der Waals surface area (Å²) in [5, 5.41) is 6.34. The van der Waals surface area contributed by atoms with Gasteiger partial charge in [0.05, 0.1) is 11.9 Å². The number of pyridine rings is 1. The summed E-state index contributed by atoms with van der Waals surface area (Å²) in [6.07, 6.45) is 1.54. The number of benzene rings is 2. The minimum atomic E-state index is -0.331. The molecule has 0 aliphatic heterocycles. The lowest BCUT2D eigenvalue weighted by molar-refractivity contribution is 0.102. The maximum Gasteiger partial charge on any atom is 0.274 e. The average molecular weight is 356 g/mol. The van der Waals surface area contributed by atoms with Crippen LogP contribution in [0.2, 0.25) is 5.02 Å². The second-order valence-corrected chi connectivity index (χ2v) is 5.78. The first-order chi connectivity index (χ1) is 12.1. The molecule has 0 saturated carbocycles. The standard InChI is InChI=1S/C19H15ClFN3O/c20-14-5-3-6-15(10-14)24-19(25)18-9-8-16(12-23-18)22-11-13-4-1-2-7-17(13)21/h1-10,12,22H,11H2,(H,24,25). The van der Waals surface area contributed by atoms with Crippen molar-refractivity contribution >= 4 is 28.9 Å². The number of nitrogens with one attached hydrogen (secondary N) is 2. The molecule has 2 N–H and O–H groups in total. The molecule has 0 radical (unpaired) electrons. The number of anilines is 2. The van der Waals surface area contributed by atoms with E-state index in [0.717, 1.165) is 0 Å². The van der Waals surface area contributed by atoms with Gasteiger partial charge < -0.3 is 10.6 Å². The van der Waals surface area contributed by atoms with Crippen LogP contribution in [-0.4, -0.2) is 10.9 Å². The Balaban J connectivity index is 1.61. The minimum absolute atomic E-state index is 0.263. The van der Waals surface area contributed by atoms with Gasteiger partial charge in [-0.15, -0.1) is 0 Å². The smallest absolute Gasteiger partial charge is 0.274 e. The van der Waals surface area contributed by atoms with Crippen molar-refractivity contribution in [3.05, 3.63) is 89.0 Å². The summed E-state index contributed by atoms with van der Waals surface area (Å²) in [6, 6.07) is 16.8. The molecular weight excluding hydrogens is 341 g/mol. The first-order valence-electron chi connectivity index (χ1n) is 7.62. The highest BCUT2D eigenvalue weighted by molar-refractivity contribution is 6.30. The van der Waals surface area contributed by atoms with Crippen LogP contribution in [0.15, 0.2) is 66.9 Å². The van der Waals surface area contributed by atoms with E-state index in [1.807, 2.05) is 0 Å². The fourth-order valence-electron chi connectivity index (χ4n) is 2.23. The number of aromatic nitrogens is 1. The molecule has 0 atom stereocenters. The first-order valence-corrected chi connectivity index (χ1v) is 8.00. The second-order valence-electron chi connectivity index (χ2n) is 5.34. The number of carbonyl (C=O) groups excluding carboxylic acids is 1. The Hall–Kier alpha value is -2.92. The summed E-state index contributed by atoms with van der Waals surface area (Å²) in [5.41, 5.74) is 2.13. The number of amides is 1. The normalized spacial score (nSPS) is 10.3. The number of hydrogen-bond donors (Lipinski definition) is 2. The maximum absolute atomic E-state index is 13.6. The molecule has 0 saturated heterocycles. The zero-order chi connectivity index (χ0) is 17.6. The largest absolute Gasteiger partial charge is 0.380 e. The Labute approximate surface area is 149 Å². The molecule has 0 bridgehead atoms.